The van der Waals surface area contributed by atoms with E-state index in [0.717, 1.165) is 6.54 Å². The van der Waals surface area contributed by atoms with Gasteiger partial charge < -0.3 is 20.1 Å². The molecule has 4 nitrogen and oxygen atoms in total. The van der Waals surface area contributed by atoms with Crippen LogP contribution in [0.4, 0.5) is 0 Å². The summed E-state index contributed by atoms with van der Waals surface area (Å²) in [6.45, 7) is 3.23. The van der Waals surface area contributed by atoms with E-state index in [1.165, 1.54) is 103 Å². The molecule has 27 heavy (non-hydrogen) atoms. The minimum atomic E-state index is -1.00. The van der Waals surface area contributed by atoms with E-state index in [-0.39, 0.29) is 6.54 Å². The van der Waals surface area contributed by atoms with E-state index in [1.54, 1.807) is 21.1 Å². The van der Waals surface area contributed by atoms with Crippen molar-refractivity contribution in [2.45, 2.75) is 110 Å². The Morgan fingerprint density at radius 3 is 1.15 bits per heavy atom. The third-order valence-electron chi connectivity index (χ3n) is 4.66. The Kier molecular flexibility index (Phi) is 23.0. The molecule has 0 aromatic rings. The maximum absolute atomic E-state index is 9.89. The van der Waals surface area contributed by atoms with E-state index in [4.69, 9.17) is 5.73 Å². The topological polar surface area (TPSA) is 66.2 Å². The van der Waals surface area contributed by atoms with Gasteiger partial charge in [0.05, 0.1) is 27.1 Å². The highest BCUT2D eigenvalue weighted by Crippen LogP contribution is 2.13. The zero-order valence-corrected chi connectivity index (χ0v) is 19.1. The van der Waals surface area contributed by atoms with Gasteiger partial charge in [-0.15, -0.1) is 0 Å². The lowest BCUT2D eigenvalue weighted by atomic mass is 10.0. The average Bonchev–Trinajstić information content (AvgIpc) is 2.57. The Balaban J connectivity index is 0. The Morgan fingerprint density at radius 1 is 0.667 bits per heavy atom. The Labute approximate surface area is 170 Å². The number of nitrogens with two attached hydrogens (primary N) is 1. The van der Waals surface area contributed by atoms with Crippen LogP contribution in [0.25, 0.3) is 0 Å². The lowest BCUT2D eigenvalue weighted by molar-refractivity contribution is -0.864. The number of carboxylic acid groups (broad SMARTS) is 1. The van der Waals surface area contributed by atoms with Crippen molar-refractivity contribution in [3.8, 4) is 0 Å². The highest BCUT2D eigenvalue weighted by Gasteiger charge is 2.04. The fraction of sp³-hybridized carbons (Fsp3) is 0.957. The molecule has 4 heteroatoms. The molecule has 0 bridgehead atoms. The number of quaternary nitrogens is 1. The van der Waals surface area contributed by atoms with E-state index in [9.17, 15) is 9.90 Å². The van der Waals surface area contributed by atoms with Crippen molar-refractivity contribution in [1.29, 1.82) is 0 Å². The van der Waals surface area contributed by atoms with Crippen molar-refractivity contribution in [3.63, 3.8) is 0 Å². The van der Waals surface area contributed by atoms with Gasteiger partial charge in [0.1, 0.15) is 6.54 Å². The van der Waals surface area contributed by atoms with Crippen molar-refractivity contribution in [2.75, 3.05) is 34.2 Å². The number of nitrogens with zero attached hydrogens (tertiary/aromatic N) is 1. The Morgan fingerprint density at radius 2 is 0.963 bits per heavy atom. The molecule has 0 aliphatic carbocycles. The van der Waals surface area contributed by atoms with E-state index in [2.05, 4.69) is 6.92 Å². The molecule has 0 aromatic carbocycles. The van der Waals surface area contributed by atoms with Gasteiger partial charge in [-0.2, -0.15) is 0 Å². The summed E-state index contributed by atoms with van der Waals surface area (Å²) in [7, 11) is 5.40. The van der Waals surface area contributed by atoms with Crippen LogP contribution in [-0.4, -0.2) is 44.7 Å². The van der Waals surface area contributed by atoms with Gasteiger partial charge in [-0.25, -0.2) is 0 Å². The van der Waals surface area contributed by atoms with Crippen LogP contribution < -0.4 is 10.8 Å². The third-order valence-corrected chi connectivity index (χ3v) is 4.66. The van der Waals surface area contributed by atoms with Gasteiger partial charge in [0, 0.05) is 0 Å². The minimum absolute atomic E-state index is 0.0694. The number of carboxylic acids is 1. The molecular weight excluding hydrogens is 336 g/mol. The van der Waals surface area contributed by atoms with Crippen molar-refractivity contribution in [2.24, 2.45) is 5.73 Å². The minimum Gasteiger partial charge on any atom is -0.544 e. The SMILES string of the molecule is CCCCCCCCCCCCCCCCCCN.C[N+](C)(C)CC(=O)[O-]. The van der Waals surface area contributed by atoms with E-state index < -0.39 is 5.97 Å². The largest absolute Gasteiger partial charge is 0.544 e. The highest BCUT2D eigenvalue weighted by molar-refractivity contribution is 5.65. The second-order valence-corrected chi connectivity index (χ2v) is 8.91. The zero-order chi connectivity index (χ0) is 20.8. The first-order valence-corrected chi connectivity index (χ1v) is 11.5. The summed E-state index contributed by atoms with van der Waals surface area (Å²) in [6, 6.07) is 0. The first-order valence-electron chi connectivity index (χ1n) is 11.5. The quantitative estimate of drug-likeness (QED) is 0.275. The highest BCUT2D eigenvalue weighted by atomic mass is 16.4. The molecule has 0 atom stereocenters. The molecule has 0 rings (SSSR count). The molecule has 164 valence electrons. The molecule has 0 radical (unpaired) electrons. The standard InChI is InChI=1S/C18H39N.C5H11NO2/c1-2-3-4-5-6-7-8-9-10-11-12-13-14-15-16-17-18-19;1-6(2,3)4-5(7)8/h2-19H2,1H3;4H2,1-3H3. The van der Waals surface area contributed by atoms with Gasteiger partial charge in [0.25, 0.3) is 0 Å². The summed E-state index contributed by atoms with van der Waals surface area (Å²) in [5.74, 6) is -1.00. The summed E-state index contributed by atoms with van der Waals surface area (Å²) < 4.78 is 0.419. The third kappa shape index (κ3) is 33.4. The van der Waals surface area contributed by atoms with Crippen molar-refractivity contribution < 1.29 is 14.4 Å². The van der Waals surface area contributed by atoms with Crippen LogP contribution >= 0.6 is 0 Å². The maximum atomic E-state index is 9.89. The number of hydrogen-bond acceptors (Lipinski definition) is 3. The smallest absolute Gasteiger partial charge is 0.118 e. The predicted molar refractivity (Wildman–Crippen MR) is 117 cm³/mol. The van der Waals surface area contributed by atoms with Crippen molar-refractivity contribution in [1.82, 2.24) is 0 Å². The van der Waals surface area contributed by atoms with Gasteiger partial charge in [-0.3, -0.25) is 0 Å². The molecule has 0 fully saturated rings. The second-order valence-electron chi connectivity index (χ2n) is 8.91. The van der Waals surface area contributed by atoms with Crippen LogP contribution in [-0.2, 0) is 4.79 Å². The first kappa shape index (κ1) is 28.6. The second kappa shape index (κ2) is 21.7. The number of unbranched alkanes of at least 4 members (excludes halogenated alkanes) is 15. The van der Waals surface area contributed by atoms with Crippen molar-refractivity contribution >= 4 is 5.97 Å². The van der Waals surface area contributed by atoms with Crippen LogP contribution in [0.5, 0.6) is 0 Å². The van der Waals surface area contributed by atoms with Gasteiger partial charge in [-0.05, 0) is 13.0 Å². The van der Waals surface area contributed by atoms with Gasteiger partial charge >= 0.3 is 0 Å². The van der Waals surface area contributed by atoms with Crippen molar-refractivity contribution in [3.05, 3.63) is 0 Å². The van der Waals surface area contributed by atoms with E-state index >= 15 is 0 Å². The number of carbonyl (C=O) groups excluding carboxylic acids is 1. The van der Waals surface area contributed by atoms with E-state index in [0.29, 0.717) is 4.48 Å². The molecule has 0 unspecified atom stereocenters. The van der Waals surface area contributed by atoms with Crippen LogP contribution in [0.1, 0.15) is 110 Å². The normalized spacial score (nSPS) is 11.1. The first-order chi connectivity index (χ1) is 12.8. The molecule has 0 aliphatic heterocycles. The molecule has 0 heterocycles. The maximum Gasteiger partial charge on any atom is 0.118 e. The van der Waals surface area contributed by atoms with E-state index in [1.807, 2.05) is 0 Å². The number of aliphatic carboxylic acids is 1. The number of rotatable bonds is 18. The lowest BCUT2D eigenvalue weighted by Gasteiger charge is -2.23. The summed E-state index contributed by atoms with van der Waals surface area (Å²) >= 11 is 0. The average molecular weight is 387 g/mol. The summed E-state index contributed by atoms with van der Waals surface area (Å²) in [4.78, 5) is 9.89. The molecule has 0 spiro atoms. The lowest BCUT2D eigenvalue weighted by Crippen LogP contribution is -2.45. The van der Waals surface area contributed by atoms with Crippen LogP contribution in [0.2, 0.25) is 0 Å². The zero-order valence-electron chi connectivity index (χ0n) is 19.1. The molecule has 0 saturated carbocycles. The van der Waals surface area contributed by atoms with Crippen LogP contribution in [0.15, 0.2) is 0 Å². The summed E-state index contributed by atoms with van der Waals surface area (Å²) in [5, 5.41) is 9.89. The molecule has 0 aromatic heterocycles. The summed E-state index contributed by atoms with van der Waals surface area (Å²) in [6.07, 6.45) is 22.9. The van der Waals surface area contributed by atoms with Gasteiger partial charge in [0.15, 0.2) is 0 Å². The van der Waals surface area contributed by atoms with Gasteiger partial charge in [-0.1, -0.05) is 103 Å². The molecular formula is C23H50N2O2. The van der Waals surface area contributed by atoms with Crippen LogP contribution in [0.3, 0.4) is 0 Å². The Bertz CT molecular complexity index is 285. The summed E-state index contributed by atoms with van der Waals surface area (Å²) in [5.41, 5.74) is 5.48. The number of carbonyl (C=O) groups is 1. The molecule has 0 aliphatic rings. The Hall–Kier alpha value is -0.610. The molecule has 2 N–H and O–H groups in total. The number of hydrogen-bond donors (Lipinski definition) is 1. The fourth-order valence-electron chi connectivity index (χ4n) is 3.08. The monoisotopic (exact) mass is 386 g/mol. The number of likely N-dealkylation sites (N-methyl/N-ethyl adjacent to an activating group) is 1. The molecule has 0 amide bonds. The van der Waals surface area contributed by atoms with Gasteiger partial charge in [0.2, 0.25) is 0 Å². The fourth-order valence-corrected chi connectivity index (χ4v) is 3.08. The van der Waals surface area contributed by atoms with Crippen LogP contribution in [0, 0.1) is 0 Å². The predicted octanol–water partition coefficient (Wildman–Crippen LogP) is 4.65. The molecule has 0 saturated heterocycles.